The molecule has 1 rings (SSSR count). The molecule has 1 aromatic heterocycles. The predicted octanol–water partition coefficient (Wildman–Crippen LogP) is 2.63. The van der Waals surface area contributed by atoms with Crippen LogP contribution in [0.5, 0.6) is 0 Å². The SMILES string of the molecule is CCCCCCNS(=O)(=O)c1cc(CNC)sc1C. The molecule has 4 nitrogen and oxygen atoms in total. The zero-order valence-corrected chi connectivity index (χ0v) is 13.6. The third-order valence-electron chi connectivity index (χ3n) is 2.89. The fourth-order valence-electron chi connectivity index (χ4n) is 1.89. The van der Waals surface area contributed by atoms with Crippen molar-refractivity contribution in [2.45, 2.75) is 51.0 Å². The quantitative estimate of drug-likeness (QED) is 0.690. The summed E-state index contributed by atoms with van der Waals surface area (Å²) < 4.78 is 27.0. The summed E-state index contributed by atoms with van der Waals surface area (Å²) in [5.41, 5.74) is 0. The molecule has 0 aliphatic carbocycles. The maximum atomic E-state index is 12.2. The Morgan fingerprint density at radius 2 is 2.00 bits per heavy atom. The molecule has 0 amide bonds. The second kappa shape index (κ2) is 7.99. The monoisotopic (exact) mass is 304 g/mol. The van der Waals surface area contributed by atoms with Gasteiger partial charge in [0.1, 0.15) is 0 Å². The van der Waals surface area contributed by atoms with Crippen molar-refractivity contribution in [2.75, 3.05) is 13.6 Å². The minimum Gasteiger partial charge on any atom is -0.315 e. The Hall–Kier alpha value is -0.430. The summed E-state index contributed by atoms with van der Waals surface area (Å²) in [7, 11) is -1.49. The van der Waals surface area contributed by atoms with E-state index in [0.29, 0.717) is 18.0 Å². The average Bonchev–Trinajstić information content (AvgIpc) is 2.71. The van der Waals surface area contributed by atoms with Gasteiger partial charge in [0.15, 0.2) is 0 Å². The summed E-state index contributed by atoms with van der Waals surface area (Å²) in [6.45, 7) is 5.23. The summed E-state index contributed by atoms with van der Waals surface area (Å²) in [4.78, 5) is 2.33. The molecule has 0 saturated carbocycles. The molecular weight excluding hydrogens is 280 g/mol. The van der Waals surface area contributed by atoms with Crippen LogP contribution in [-0.4, -0.2) is 22.0 Å². The second-order valence-corrected chi connectivity index (χ2v) is 7.70. The van der Waals surface area contributed by atoms with Crippen molar-refractivity contribution in [3.63, 3.8) is 0 Å². The summed E-state index contributed by atoms with van der Waals surface area (Å²) >= 11 is 1.53. The van der Waals surface area contributed by atoms with Gasteiger partial charge in [-0.25, -0.2) is 13.1 Å². The molecule has 0 unspecified atom stereocenters. The summed E-state index contributed by atoms with van der Waals surface area (Å²) in [6, 6.07) is 1.77. The molecule has 0 saturated heterocycles. The molecule has 0 aliphatic rings. The Labute approximate surface area is 120 Å². The van der Waals surface area contributed by atoms with Crippen LogP contribution in [0.4, 0.5) is 0 Å². The maximum absolute atomic E-state index is 12.2. The highest BCUT2D eigenvalue weighted by Gasteiger charge is 2.19. The number of sulfonamides is 1. The number of rotatable bonds is 9. The van der Waals surface area contributed by atoms with Crippen LogP contribution in [0.1, 0.15) is 42.4 Å². The zero-order chi connectivity index (χ0) is 14.3. The van der Waals surface area contributed by atoms with Crippen molar-refractivity contribution in [2.24, 2.45) is 0 Å². The van der Waals surface area contributed by atoms with E-state index >= 15 is 0 Å². The first-order valence-corrected chi connectivity index (χ1v) is 9.04. The lowest BCUT2D eigenvalue weighted by atomic mass is 10.2. The summed E-state index contributed by atoms with van der Waals surface area (Å²) in [5, 5.41) is 3.04. The molecule has 2 N–H and O–H groups in total. The molecule has 0 aromatic carbocycles. The van der Waals surface area contributed by atoms with Crippen LogP contribution in [0.3, 0.4) is 0 Å². The van der Waals surface area contributed by atoms with Gasteiger partial charge in [-0.1, -0.05) is 26.2 Å². The number of nitrogens with one attached hydrogen (secondary N) is 2. The van der Waals surface area contributed by atoms with Gasteiger partial charge in [0, 0.05) is 22.8 Å². The fraction of sp³-hybridized carbons (Fsp3) is 0.692. The van der Waals surface area contributed by atoms with Crippen molar-refractivity contribution in [3.8, 4) is 0 Å². The van der Waals surface area contributed by atoms with Crippen molar-refractivity contribution in [1.82, 2.24) is 10.0 Å². The molecule has 0 atom stereocenters. The van der Waals surface area contributed by atoms with Crippen LogP contribution in [0.15, 0.2) is 11.0 Å². The van der Waals surface area contributed by atoms with Crippen LogP contribution >= 0.6 is 11.3 Å². The van der Waals surface area contributed by atoms with E-state index in [-0.39, 0.29) is 0 Å². The number of unbranched alkanes of at least 4 members (excludes halogenated alkanes) is 3. The van der Waals surface area contributed by atoms with Crippen molar-refractivity contribution in [3.05, 3.63) is 15.8 Å². The zero-order valence-electron chi connectivity index (χ0n) is 12.0. The van der Waals surface area contributed by atoms with Gasteiger partial charge in [-0.2, -0.15) is 0 Å². The maximum Gasteiger partial charge on any atom is 0.241 e. The Balaban J connectivity index is 2.61. The summed E-state index contributed by atoms with van der Waals surface area (Å²) in [6.07, 6.45) is 4.29. The molecular formula is C13H24N2O2S2. The van der Waals surface area contributed by atoms with Gasteiger partial charge < -0.3 is 5.32 Å². The van der Waals surface area contributed by atoms with Crippen molar-refractivity contribution < 1.29 is 8.42 Å². The van der Waals surface area contributed by atoms with Gasteiger partial charge in [0.25, 0.3) is 0 Å². The van der Waals surface area contributed by atoms with E-state index in [9.17, 15) is 8.42 Å². The third-order valence-corrected chi connectivity index (χ3v) is 5.65. The molecule has 6 heteroatoms. The van der Waals surface area contributed by atoms with Gasteiger partial charge in [-0.15, -0.1) is 11.3 Å². The standard InChI is InChI=1S/C13H24N2O2S2/c1-4-5-6-7-8-15-19(16,17)13-9-12(10-14-3)18-11(13)2/h9,14-15H,4-8,10H2,1-3H3. The van der Waals surface area contributed by atoms with E-state index in [1.54, 1.807) is 6.07 Å². The molecule has 1 heterocycles. The van der Waals surface area contributed by atoms with Crippen LogP contribution in [-0.2, 0) is 16.6 Å². The lowest BCUT2D eigenvalue weighted by Gasteiger charge is -2.05. The molecule has 0 fully saturated rings. The number of hydrogen-bond acceptors (Lipinski definition) is 4. The van der Waals surface area contributed by atoms with E-state index in [0.717, 1.165) is 35.4 Å². The third kappa shape index (κ3) is 5.22. The van der Waals surface area contributed by atoms with Crippen LogP contribution in [0, 0.1) is 6.92 Å². The predicted molar refractivity (Wildman–Crippen MR) is 81.2 cm³/mol. The second-order valence-electron chi connectivity index (χ2n) is 4.62. The first-order chi connectivity index (χ1) is 9.01. The molecule has 0 bridgehead atoms. The summed E-state index contributed by atoms with van der Waals surface area (Å²) in [5.74, 6) is 0. The Kier molecular flexibility index (Phi) is 6.99. The average molecular weight is 304 g/mol. The van der Waals surface area contributed by atoms with E-state index in [1.807, 2.05) is 14.0 Å². The fourth-order valence-corrected chi connectivity index (χ4v) is 4.61. The van der Waals surface area contributed by atoms with E-state index in [4.69, 9.17) is 0 Å². The van der Waals surface area contributed by atoms with E-state index in [1.165, 1.54) is 11.3 Å². The largest absolute Gasteiger partial charge is 0.315 e. The normalized spacial score (nSPS) is 11.9. The number of hydrogen-bond donors (Lipinski definition) is 2. The number of aryl methyl sites for hydroxylation is 1. The van der Waals surface area contributed by atoms with Gasteiger partial charge >= 0.3 is 0 Å². The lowest BCUT2D eigenvalue weighted by molar-refractivity contribution is 0.573. The van der Waals surface area contributed by atoms with Gasteiger partial charge in [0.05, 0.1) is 4.90 Å². The van der Waals surface area contributed by atoms with Crippen LogP contribution < -0.4 is 10.0 Å². The molecule has 0 aliphatic heterocycles. The van der Waals surface area contributed by atoms with Gasteiger partial charge in [-0.05, 0) is 26.5 Å². The smallest absolute Gasteiger partial charge is 0.241 e. The Morgan fingerprint density at radius 3 is 2.63 bits per heavy atom. The van der Waals surface area contributed by atoms with Gasteiger partial charge in [-0.3, -0.25) is 0 Å². The molecule has 1 aromatic rings. The van der Waals surface area contributed by atoms with Crippen molar-refractivity contribution >= 4 is 21.4 Å². The van der Waals surface area contributed by atoms with Gasteiger partial charge in [0.2, 0.25) is 10.0 Å². The van der Waals surface area contributed by atoms with E-state index in [2.05, 4.69) is 17.0 Å². The minimum atomic E-state index is -3.34. The first-order valence-electron chi connectivity index (χ1n) is 6.74. The Morgan fingerprint density at radius 1 is 1.26 bits per heavy atom. The molecule has 0 radical (unpaired) electrons. The first kappa shape index (κ1) is 16.6. The Bertz CT molecular complexity index is 481. The highest BCUT2D eigenvalue weighted by atomic mass is 32.2. The molecule has 19 heavy (non-hydrogen) atoms. The molecule has 110 valence electrons. The topological polar surface area (TPSA) is 58.2 Å². The highest BCUT2D eigenvalue weighted by molar-refractivity contribution is 7.89. The van der Waals surface area contributed by atoms with E-state index < -0.39 is 10.0 Å². The minimum absolute atomic E-state index is 0.429. The lowest BCUT2D eigenvalue weighted by Crippen LogP contribution is -2.25. The molecule has 0 spiro atoms. The van der Waals surface area contributed by atoms with Crippen molar-refractivity contribution in [1.29, 1.82) is 0 Å². The highest BCUT2D eigenvalue weighted by Crippen LogP contribution is 2.25. The van der Waals surface area contributed by atoms with Crippen LogP contribution in [0.2, 0.25) is 0 Å². The number of thiophene rings is 1. The van der Waals surface area contributed by atoms with Crippen LogP contribution in [0.25, 0.3) is 0 Å².